The summed E-state index contributed by atoms with van der Waals surface area (Å²) in [5, 5.41) is 7.01. The smallest absolute Gasteiger partial charge is 0.180 e. The van der Waals surface area contributed by atoms with Gasteiger partial charge < -0.3 is 5.73 Å². The van der Waals surface area contributed by atoms with Gasteiger partial charge in [0.15, 0.2) is 11.0 Å². The molecule has 0 radical (unpaired) electrons. The maximum atomic E-state index is 5.60. The van der Waals surface area contributed by atoms with Crippen LogP contribution in [-0.4, -0.2) is 19.7 Å². The summed E-state index contributed by atoms with van der Waals surface area (Å²) in [4.78, 5) is 8.78. The molecule has 5 nitrogen and oxygen atoms in total. The average molecular weight is 235 g/mol. The fourth-order valence-corrected chi connectivity index (χ4v) is 2.24. The van der Waals surface area contributed by atoms with E-state index in [0.717, 1.165) is 17.3 Å². The second-order valence-corrected chi connectivity index (χ2v) is 5.03. The molecule has 1 saturated carbocycles. The molecule has 1 aliphatic rings. The first-order chi connectivity index (χ1) is 7.72. The second kappa shape index (κ2) is 3.55. The van der Waals surface area contributed by atoms with Gasteiger partial charge in [0.25, 0.3) is 0 Å². The topological polar surface area (TPSA) is 69.6 Å². The summed E-state index contributed by atoms with van der Waals surface area (Å²) < 4.78 is 1.85. The van der Waals surface area contributed by atoms with Crippen LogP contribution in [0.5, 0.6) is 0 Å². The largest absolute Gasteiger partial charge is 0.375 e. The minimum atomic E-state index is 0.598. The van der Waals surface area contributed by atoms with E-state index >= 15 is 0 Å². The van der Waals surface area contributed by atoms with Gasteiger partial charge in [0, 0.05) is 18.3 Å². The number of hydrogen-bond donors (Lipinski definition) is 1. The van der Waals surface area contributed by atoms with Crippen molar-refractivity contribution in [3.8, 4) is 0 Å². The van der Waals surface area contributed by atoms with Crippen LogP contribution in [0.2, 0.25) is 0 Å². The van der Waals surface area contributed by atoms with Gasteiger partial charge in [0.2, 0.25) is 0 Å². The Kier molecular flexibility index (Phi) is 2.17. The van der Waals surface area contributed by atoms with Gasteiger partial charge in [-0.1, -0.05) is 0 Å². The molecule has 0 bridgehead atoms. The molecule has 2 aromatic rings. The minimum Gasteiger partial charge on any atom is -0.375 e. The molecule has 0 aliphatic heterocycles. The third-order valence-corrected chi connectivity index (χ3v) is 3.44. The first-order valence-corrected chi connectivity index (χ1v) is 6.20. The minimum absolute atomic E-state index is 0.598. The molecule has 1 fully saturated rings. The molecule has 84 valence electrons. The lowest BCUT2D eigenvalue weighted by Gasteiger charge is -1.95. The summed E-state index contributed by atoms with van der Waals surface area (Å²) >= 11 is 1.46. The summed E-state index contributed by atoms with van der Waals surface area (Å²) in [6.07, 6.45) is 3.17. The van der Waals surface area contributed by atoms with E-state index in [2.05, 4.69) is 15.1 Å². The quantitative estimate of drug-likeness (QED) is 0.871. The lowest BCUT2D eigenvalue weighted by molar-refractivity contribution is 0.704. The Morgan fingerprint density at radius 1 is 1.50 bits per heavy atom. The van der Waals surface area contributed by atoms with Crippen molar-refractivity contribution < 1.29 is 0 Å². The standard InChI is InChI=1S/C10H13N5S/c1-15-8(4-7-5-16-10(11)12-7)13-9(14-15)6-2-3-6/h5-6H,2-4H2,1H3,(H2,11,12). The van der Waals surface area contributed by atoms with Crippen molar-refractivity contribution in [2.75, 3.05) is 5.73 Å². The van der Waals surface area contributed by atoms with Crippen LogP contribution in [0.1, 0.15) is 36.1 Å². The summed E-state index contributed by atoms with van der Waals surface area (Å²) in [5.41, 5.74) is 6.57. The van der Waals surface area contributed by atoms with Crippen molar-refractivity contribution in [1.29, 1.82) is 0 Å². The van der Waals surface area contributed by atoms with Crippen molar-refractivity contribution in [3.05, 3.63) is 22.7 Å². The Hall–Kier alpha value is -1.43. The second-order valence-electron chi connectivity index (χ2n) is 4.14. The molecule has 2 heterocycles. The molecular formula is C10H13N5S. The zero-order chi connectivity index (χ0) is 11.1. The van der Waals surface area contributed by atoms with E-state index in [-0.39, 0.29) is 0 Å². The van der Waals surface area contributed by atoms with Crippen LogP contribution >= 0.6 is 11.3 Å². The van der Waals surface area contributed by atoms with E-state index in [1.165, 1.54) is 24.2 Å². The fourth-order valence-electron chi connectivity index (χ4n) is 1.67. The molecule has 2 N–H and O–H groups in total. The third kappa shape index (κ3) is 1.80. The normalized spacial score (nSPS) is 15.6. The molecule has 0 saturated heterocycles. The molecule has 0 spiro atoms. The van der Waals surface area contributed by atoms with Crippen LogP contribution in [0.25, 0.3) is 0 Å². The van der Waals surface area contributed by atoms with Crippen LogP contribution in [0.15, 0.2) is 5.38 Å². The predicted octanol–water partition coefficient (Wildman–Crippen LogP) is 1.32. The summed E-state index contributed by atoms with van der Waals surface area (Å²) in [6, 6.07) is 0. The highest BCUT2D eigenvalue weighted by Crippen LogP contribution is 2.38. The summed E-state index contributed by atoms with van der Waals surface area (Å²) in [6.45, 7) is 0. The van der Waals surface area contributed by atoms with Gasteiger partial charge in [-0.3, -0.25) is 4.68 Å². The molecular weight excluding hydrogens is 222 g/mol. The number of nitrogen functional groups attached to an aromatic ring is 1. The van der Waals surface area contributed by atoms with Crippen molar-refractivity contribution in [2.45, 2.75) is 25.2 Å². The Morgan fingerprint density at radius 3 is 2.94 bits per heavy atom. The summed E-state index contributed by atoms with van der Waals surface area (Å²) in [5.74, 6) is 2.55. The van der Waals surface area contributed by atoms with Crippen molar-refractivity contribution >= 4 is 16.5 Å². The van der Waals surface area contributed by atoms with Crippen molar-refractivity contribution in [2.24, 2.45) is 7.05 Å². The van der Waals surface area contributed by atoms with Crippen LogP contribution in [0, 0.1) is 0 Å². The third-order valence-electron chi connectivity index (χ3n) is 2.72. The maximum absolute atomic E-state index is 5.60. The first-order valence-electron chi connectivity index (χ1n) is 5.32. The molecule has 3 rings (SSSR count). The van der Waals surface area contributed by atoms with E-state index in [0.29, 0.717) is 17.5 Å². The first kappa shape index (κ1) is 9.77. The molecule has 0 atom stereocenters. The number of anilines is 1. The maximum Gasteiger partial charge on any atom is 0.180 e. The molecule has 0 amide bonds. The fraction of sp³-hybridized carbons (Fsp3) is 0.500. The van der Waals surface area contributed by atoms with E-state index in [1.54, 1.807) is 0 Å². The van der Waals surface area contributed by atoms with Crippen LogP contribution in [0.3, 0.4) is 0 Å². The Bertz CT molecular complexity index is 511. The van der Waals surface area contributed by atoms with E-state index in [9.17, 15) is 0 Å². The number of nitrogens with zero attached hydrogens (tertiary/aromatic N) is 4. The highest BCUT2D eigenvalue weighted by molar-refractivity contribution is 7.13. The van der Waals surface area contributed by atoms with Crippen LogP contribution < -0.4 is 5.73 Å². The molecule has 0 aromatic carbocycles. The van der Waals surface area contributed by atoms with Gasteiger partial charge >= 0.3 is 0 Å². The van der Waals surface area contributed by atoms with Gasteiger partial charge in [0.05, 0.1) is 12.1 Å². The number of hydrogen-bond acceptors (Lipinski definition) is 5. The highest BCUT2D eigenvalue weighted by atomic mass is 32.1. The molecule has 2 aromatic heterocycles. The van der Waals surface area contributed by atoms with Gasteiger partial charge in [-0.05, 0) is 12.8 Å². The Balaban J connectivity index is 1.83. The zero-order valence-corrected chi connectivity index (χ0v) is 9.87. The van der Waals surface area contributed by atoms with E-state index in [1.807, 2.05) is 17.1 Å². The van der Waals surface area contributed by atoms with Gasteiger partial charge in [-0.25, -0.2) is 9.97 Å². The van der Waals surface area contributed by atoms with Gasteiger partial charge in [0.1, 0.15) is 5.82 Å². The van der Waals surface area contributed by atoms with E-state index in [4.69, 9.17) is 5.73 Å². The predicted molar refractivity (Wildman–Crippen MR) is 62.3 cm³/mol. The Labute approximate surface area is 97.3 Å². The number of nitrogens with two attached hydrogens (primary N) is 1. The number of aromatic nitrogens is 4. The lowest BCUT2D eigenvalue weighted by Crippen LogP contribution is -2.00. The Morgan fingerprint density at radius 2 is 2.31 bits per heavy atom. The molecule has 16 heavy (non-hydrogen) atoms. The van der Waals surface area contributed by atoms with Gasteiger partial charge in [-0.2, -0.15) is 5.10 Å². The zero-order valence-electron chi connectivity index (χ0n) is 9.05. The monoisotopic (exact) mass is 235 g/mol. The number of rotatable bonds is 3. The lowest BCUT2D eigenvalue weighted by atomic mass is 10.3. The van der Waals surface area contributed by atoms with Crippen LogP contribution in [-0.2, 0) is 13.5 Å². The summed E-state index contributed by atoms with van der Waals surface area (Å²) in [7, 11) is 1.93. The SMILES string of the molecule is Cn1nc(C2CC2)nc1Cc1csc(N)n1. The number of thiazole rings is 1. The molecule has 1 aliphatic carbocycles. The highest BCUT2D eigenvalue weighted by Gasteiger charge is 2.28. The number of aryl methyl sites for hydroxylation is 1. The van der Waals surface area contributed by atoms with Crippen molar-refractivity contribution in [1.82, 2.24) is 19.7 Å². The van der Waals surface area contributed by atoms with Crippen molar-refractivity contribution in [3.63, 3.8) is 0 Å². The average Bonchev–Trinajstić information content (AvgIpc) is 2.93. The molecule has 6 heteroatoms. The van der Waals surface area contributed by atoms with Gasteiger partial charge in [-0.15, -0.1) is 11.3 Å². The molecule has 0 unspecified atom stereocenters. The van der Waals surface area contributed by atoms with Crippen LogP contribution in [0.4, 0.5) is 5.13 Å². The van der Waals surface area contributed by atoms with E-state index < -0.39 is 0 Å².